The fourth-order valence-electron chi connectivity index (χ4n) is 3.81. The van der Waals surface area contributed by atoms with E-state index < -0.39 is 0 Å². The predicted molar refractivity (Wildman–Crippen MR) is 70.5 cm³/mol. The maximum atomic E-state index is 6.20. The van der Waals surface area contributed by atoms with Crippen molar-refractivity contribution in [3.63, 3.8) is 0 Å². The van der Waals surface area contributed by atoms with Crippen molar-refractivity contribution in [1.29, 1.82) is 0 Å². The predicted octanol–water partition coefficient (Wildman–Crippen LogP) is 1.68. The lowest BCUT2D eigenvalue weighted by molar-refractivity contribution is 0.303. The van der Waals surface area contributed by atoms with Gasteiger partial charge in [0.1, 0.15) is 0 Å². The lowest BCUT2D eigenvalue weighted by Crippen LogP contribution is -2.30. The van der Waals surface area contributed by atoms with Crippen molar-refractivity contribution >= 4 is 0 Å². The summed E-state index contributed by atoms with van der Waals surface area (Å²) in [4.78, 5) is 6.95. The Morgan fingerprint density at radius 3 is 2.68 bits per heavy atom. The summed E-state index contributed by atoms with van der Waals surface area (Å²) in [5.74, 6) is 3.92. The standard InChI is InChI=1S/C14H22N4O/c15-12(8-18-3-1-2-4-18)13-16-14(19-17-13)11-6-9-5-10(9)7-11/h9-12H,1-8,15H2. The fraction of sp³-hybridized carbons (Fsp3) is 0.857. The van der Waals surface area contributed by atoms with Crippen LogP contribution in [0.3, 0.4) is 0 Å². The molecule has 0 amide bonds. The quantitative estimate of drug-likeness (QED) is 0.894. The highest BCUT2D eigenvalue weighted by atomic mass is 16.5. The maximum Gasteiger partial charge on any atom is 0.229 e. The molecule has 5 heteroatoms. The fourth-order valence-corrected chi connectivity index (χ4v) is 3.81. The van der Waals surface area contributed by atoms with Gasteiger partial charge in [0.25, 0.3) is 0 Å². The van der Waals surface area contributed by atoms with Crippen LogP contribution in [-0.4, -0.2) is 34.7 Å². The average molecular weight is 262 g/mol. The Morgan fingerprint density at radius 1 is 1.21 bits per heavy atom. The zero-order valence-electron chi connectivity index (χ0n) is 11.3. The summed E-state index contributed by atoms with van der Waals surface area (Å²) in [5, 5.41) is 4.10. The van der Waals surface area contributed by atoms with Crippen LogP contribution in [0.4, 0.5) is 0 Å². The monoisotopic (exact) mass is 262 g/mol. The van der Waals surface area contributed by atoms with Gasteiger partial charge < -0.3 is 15.2 Å². The van der Waals surface area contributed by atoms with Crippen LogP contribution in [0.15, 0.2) is 4.52 Å². The summed E-state index contributed by atoms with van der Waals surface area (Å²) in [7, 11) is 0. The molecule has 3 unspecified atom stereocenters. The molecule has 5 nitrogen and oxygen atoms in total. The molecule has 0 spiro atoms. The van der Waals surface area contributed by atoms with Crippen LogP contribution < -0.4 is 5.73 Å². The Balaban J connectivity index is 1.39. The second-order valence-electron chi connectivity index (χ2n) is 6.53. The van der Waals surface area contributed by atoms with E-state index in [1.807, 2.05) is 0 Å². The van der Waals surface area contributed by atoms with Crippen LogP contribution in [0.2, 0.25) is 0 Å². The first-order valence-electron chi connectivity index (χ1n) is 7.61. The number of aromatic nitrogens is 2. The van der Waals surface area contributed by atoms with Crippen molar-refractivity contribution in [2.75, 3.05) is 19.6 Å². The van der Waals surface area contributed by atoms with Gasteiger partial charge in [-0.25, -0.2) is 0 Å². The van der Waals surface area contributed by atoms with E-state index in [2.05, 4.69) is 15.0 Å². The van der Waals surface area contributed by atoms with E-state index in [9.17, 15) is 0 Å². The van der Waals surface area contributed by atoms with Gasteiger partial charge in [-0.1, -0.05) is 5.16 Å². The number of nitrogens with two attached hydrogens (primary N) is 1. The van der Waals surface area contributed by atoms with Crippen molar-refractivity contribution in [1.82, 2.24) is 15.0 Å². The molecular formula is C14H22N4O. The second kappa shape index (κ2) is 4.56. The topological polar surface area (TPSA) is 68.2 Å². The molecular weight excluding hydrogens is 240 g/mol. The van der Waals surface area contributed by atoms with Gasteiger partial charge in [-0.05, 0) is 57.0 Å². The Hall–Kier alpha value is -0.940. The van der Waals surface area contributed by atoms with Gasteiger partial charge in [-0.15, -0.1) is 0 Å². The normalized spacial score (nSPS) is 35.5. The molecule has 2 aliphatic carbocycles. The molecule has 0 aromatic carbocycles. The molecule has 2 N–H and O–H groups in total. The zero-order chi connectivity index (χ0) is 12.8. The molecule has 3 fully saturated rings. The number of hydrogen-bond donors (Lipinski definition) is 1. The largest absolute Gasteiger partial charge is 0.339 e. The molecule has 4 rings (SSSR count). The molecule has 0 radical (unpaired) electrons. The summed E-state index contributed by atoms with van der Waals surface area (Å²) in [5.41, 5.74) is 6.20. The summed E-state index contributed by atoms with van der Waals surface area (Å²) in [6, 6.07) is -0.105. The summed E-state index contributed by atoms with van der Waals surface area (Å²) in [6.45, 7) is 3.17. The number of nitrogens with zero attached hydrogens (tertiary/aromatic N) is 3. The molecule has 2 saturated carbocycles. The van der Waals surface area contributed by atoms with Crippen LogP contribution in [0.1, 0.15) is 55.8 Å². The molecule has 1 aromatic heterocycles. The van der Waals surface area contributed by atoms with Crippen LogP contribution in [-0.2, 0) is 0 Å². The van der Waals surface area contributed by atoms with E-state index in [0.717, 1.165) is 37.4 Å². The Morgan fingerprint density at radius 2 is 1.95 bits per heavy atom. The van der Waals surface area contributed by atoms with E-state index in [1.165, 1.54) is 32.1 Å². The molecule has 1 aromatic rings. The van der Waals surface area contributed by atoms with Gasteiger partial charge in [-0.2, -0.15) is 4.98 Å². The molecule has 3 atom stereocenters. The SMILES string of the molecule is NC(CN1CCCC1)c1noc(C2CC3CC3C2)n1. The Bertz CT molecular complexity index is 444. The number of hydrogen-bond acceptors (Lipinski definition) is 5. The maximum absolute atomic E-state index is 6.20. The molecule has 0 bridgehead atoms. The van der Waals surface area contributed by atoms with Gasteiger partial charge in [0.15, 0.2) is 5.82 Å². The highest BCUT2D eigenvalue weighted by molar-refractivity contribution is 5.07. The summed E-state index contributed by atoms with van der Waals surface area (Å²) < 4.78 is 5.44. The minimum atomic E-state index is -0.105. The van der Waals surface area contributed by atoms with Crippen molar-refractivity contribution < 1.29 is 4.52 Å². The van der Waals surface area contributed by atoms with Gasteiger partial charge in [0.2, 0.25) is 5.89 Å². The lowest BCUT2D eigenvalue weighted by Gasteiger charge is -2.17. The number of rotatable bonds is 4. The molecule has 1 aliphatic heterocycles. The number of fused-ring (bicyclic) bond motifs is 1. The first kappa shape index (κ1) is 11.9. The average Bonchev–Trinajstić information content (AvgIpc) is 2.91. The third-order valence-corrected chi connectivity index (χ3v) is 5.04. The van der Waals surface area contributed by atoms with Gasteiger partial charge in [0.05, 0.1) is 6.04 Å². The third kappa shape index (κ3) is 2.30. The minimum absolute atomic E-state index is 0.105. The zero-order valence-corrected chi connectivity index (χ0v) is 11.3. The van der Waals surface area contributed by atoms with Crippen LogP contribution in [0, 0.1) is 11.8 Å². The van der Waals surface area contributed by atoms with Crippen LogP contribution >= 0.6 is 0 Å². The number of likely N-dealkylation sites (tertiary alicyclic amines) is 1. The van der Waals surface area contributed by atoms with E-state index in [-0.39, 0.29) is 6.04 Å². The van der Waals surface area contributed by atoms with Gasteiger partial charge >= 0.3 is 0 Å². The van der Waals surface area contributed by atoms with Gasteiger partial charge in [0, 0.05) is 12.5 Å². The van der Waals surface area contributed by atoms with Crippen molar-refractivity contribution in [2.45, 2.75) is 44.1 Å². The van der Waals surface area contributed by atoms with Crippen molar-refractivity contribution in [3.8, 4) is 0 Å². The van der Waals surface area contributed by atoms with Gasteiger partial charge in [-0.3, -0.25) is 0 Å². The first-order valence-corrected chi connectivity index (χ1v) is 7.61. The van der Waals surface area contributed by atoms with Crippen molar-refractivity contribution in [2.24, 2.45) is 17.6 Å². The third-order valence-electron chi connectivity index (χ3n) is 5.04. The summed E-state index contributed by atoms with van der Waals surface area (Å²) >= 11 is 0. The van der Waals surface area contributed by atoms with E-state index >= 15 is 0 Å². The van der Waals surface area contributed by atoms with Crippen LogP contribution in [0.25, 0.3) is 0 Å². The highest BCUT2D eigenvalue weighted by Crippen LogP contribution is 2.57. The Labute approximate surface area is 113 Å². The molecule has 1 saturated heterocycles. The Kier molecular flexibility index (Phi) is 2.84. The van der Waals surface area contributed by atoms with E-state index in [4.69, 9.17) is 10.3 Å². The first-order chi connectivity index (χ1) is 9.29. The van der Waals surface area contributed by atoms with E-state index in [0.29, 0.717) is 11.7 Å². The van der Waals surface area contributed by atoms with Crippen LogP contribution in [0.5, 0.6) is 0 Å². The smallest absolute Gasteiger partial charge is 0.229 e. The molecule has 19 heavy (non-hydrogen) atoms. The second-order valence-corrected chi connectivity index (χ2v) is 6.53. The lowest BCUT2D eigenvalue weighted by atomic mass is 10.0. The van der Waals surface area contributed by atoms with E-state index in [1.54, 1.807) is 0 Å². The minimum Gasteiger partial charge on any atom is -0.339 e. The highest BCUT2D eigenvalue weighted by Gasteiger charge is 2.47. The molecule has 3 aliphatic rings. The summed E-state index contributed by atoms with van der Waals surface area (Å²) in [6.07, 6.45) is 6.48. The molecule has 104 valence electrons. The molecule has 2 heterocycles. The van der Waals surface area contributed by atoms with Crippen molar-refractivity contribution in [3.05, 3.63) is 11.7 Å².